The van der Waals surface area contributed by atoms with Crippen molar-refractivity contribution >= 4 is 49.4 Å². The number of para-hydroxylation sites is 2. The molecule has 1 heteroatoms. The zero-order valence-corrected chi connectivity index (χ0v) is 23.7. The molecule has 0 aliphatic heterocycles. The lowest BCUT2D eigenvalue weighted by atomic mass is 9.93. The Labute approximate surface area is 251 Å². The predicted octanol–water partition coefficient (Wildman–Crippen LogP) is 11.9. The molecule has 8 aromatic rings. The van der Waals surface area contributed by atoms with Gasteiger partial charge in [0.05, 0.1) is 5.69 Å². The Balaban J connectivity index is 1.27. The second-order valence-electron chi connectivity index (χ2n) is 11.0. The number of hydrogen-bond donors (Lipinski definition) is 0. The predicted molar refractivity (Wildman–Crippen MR) is 185 cm³/mol. The van der Waals surface area contributed by atoms with Crippen LogP contribution in [0, 0.1) is 0 Å². The summed E-state index contributed by atoms with van der Waals surface area (Å²) < 4.78 is 0. The number of rotatable bonds is 5. The van der Waals surface area contributed by atoms with Gasteiger partial charge in [0.1, 0.15) is 0 Å². The molecule has 43 heavy (non-hydrogen) atoms. The molecule has 0 fully saturated rings. The average Bonchev–Trinajstić information content (AvgIpc) is 3.09. The highest BCUT2D eigenvalue weighted by atomic mass is 15.1. The lowest BCUT2D eigenvalue weighted by Gasteiger charge is -2.28. The van der Waals surface area contributed by atoms with Gasteiger partial charge in [-0.25, -0.2) is 0 Å². The first-order chi connectivity index (χ1) is 21.3. The first-order valence-corrected chi connectivity index (χ1v) is 14.8. The molecule has 0 radical (unpaired) electrons. The van der Waals surface area contributed by atoms with E-state index in [9.17, 15) is 0 Å². The molecule has 202 valence electrons. The fourth-order valence-electron chi connectivity index (χ4n) is 6.36. The van der Waals surface area contributed by atoms with E-state index < -0.39 is 0 Å². The molecule has 0 unspecified atom stereocenters. The highest BCUT2D eigenvalue weighted by Gasteiger charge is 2.17. The van der Waals surface area contributed by atoms with Gasteiger partial charge in [0, 0.05) is 16.9 Å². The Bertz CT molecular complexity index is 2230. The van der Waals surface area contributed by atoms with E-state index in [-0.39, 0.29) is 0 Å². The van der Waals surface area contributed by atoms with Crippen LogP contribution in [0.25, 0.3) is 54.6 Å². The van der Waals surface area contributed by atoms with Gasteiger partial charge in [0.2, 0.25) is 0 Å². The Kier molecular flexibility index (Phi) is 6.20. The number of fused-ring (bicyclic) bond motifs is 4. The summed E-state index contributed by atoms with van der Waals surface area (Å²) in [5.74, 6) is 0. The standard InChI is InChI=1S/C42H29N/c1-2-15-35(16-3-1)43(42-21-11-10-18-38(42)34-23-22-30-12-4-5-13-32(30)28-34)36-26-24-31(25-27-36)41-29-33-14-6-7-17-37(33)39-19-8-9-20-40(39)41/h1-29H. The third kappa shape index (κ3) is 4.52. The molecule has 0 spiro atoms. The summed E-state index contributed by atoms with van der Waals surface area (Å²) in [5, 5.41) is 7.61. The Morgan fingerprint density at radius 1 is 0.302 bits per heavy atom. The van der Waals surface area contributed by atoms with E-state index in [0.717, 1.165) is 17.1 Å². The second-order valence-corrected chi connectivity index (χ2v) is 11.0. The second kappa shape index (κ2) is 10.6. The molecule has 0 saturated heterocycles. The zero-order valence-electron chi connectivity index (χ0n) is 23.7. The van der Waals surface area contributed by atoms with Crippen molar-refractivity contribution in [1.82, 2.24) is 0 Å². The van der Waals surface area contributed by atoms with Crippen molar-refractivity contribution in [2.45, 2.75) is 0 Å². The van der Waals surface area contributed by atoms with E-state index in [4.69, 9.17) is 0 Å². The number of hydrogen-bond acceptors (Lipinski definition) is 1. The molecule has 0 heterocycles. The van der Waals surface area contributed by atoms with Gasteiger partial charge in [-0.2, -0.15) is 0 Å². The third-order valence-corrected chi connectivity index (χ3v) is 8.42. The first kappa shape index (κ1) is 25.1. The van der Waals surface area contributed by atoms with Crippen LogP contribution in [0.1, 0.15) is 0 Å². The Morgan fingerprint density at radius 2 is 0.884 bits per heavy atom. The molecule has 0 amide bonds. The summed E-state index contributed by atoms with van der Waals surface area (Å²) in [7, 11) is 0. The molecule has 0 atom stereocenters. The first-order valence-electron chi connectivity index (χ1n) is 14.8. The highest BCUT2D eigenvalue weighted by Crippen LogP contribution is 2.42. The Hall–Kier alpha value is -5.66. The van der Waals surface area contributed by atoms with E-state index in [1.54, 1.807) is 0 Å². The maximum Gasteiger partial charge on any atom is 0.0540 e. The molecule has 8 rings (SSSR count). The summed E-state index contributed by atoms with van der Waals surface area (Å²) in [6.45, 7) is 0. The molecule has 0 N–H and O–H groups in total. The van der Waals surface area contributed by atoms with Crippen LogP contribution in [0.4, 0.5) is 17.1 Å². The smallest absolute Gasteiger partial charge is 0.0540 e. The van der Waals surface area contributed by atoms with Crippen LogP contribution in [0.15, 0.2) is 176 Å². The van der Waals surface area contributed by atoms with Crippen molar-refractivity contribution in [3.8, 4) is 22.3 Å². The molecule has 0 bridgehead atoms. The van der Waals surface area contributed by atoms with Gasteiger partial charge in [-0.15, -0.1) is 0 Å². The lowest BCUT2D eigenvalue weighted by molar-refractivity contribution is 1.28. The largest absolute Gasteiger partial charge is 0.310 e. The molecule has 0 aliphatic carbocycles. The Morgan fingerprint density at radius 3 is 1.70 bits per heavy atom. The number of benzene rings is 8. The quantitative estimate of drug-likeness (QED) is 0.194. The van der Waals surface area contributed by atoms with Crippen molar-refractivity contribution in [3.05, 3.63) is 176 Å². The zero-order chi connectivity index (χ0) is 28.6. The normalized spacial score (nSPS) is 11.3. The van der Waals surface area contributed by atoms with Gasteiger partial charge < -0.3 is 4.90 Å². The number of anilines is 3. The maximum absolute atomic E-state index is 2.37. The SMILES string of the molecule is c1ccc(N(c2ccc(-c3cc4ccccc4c4ccccc34)cc2)c2ccccc2-c2ccc3ccccc3c2)cc1. The van der Waals surface area contributed by atoms with Crippen LogP contribution >= 0.6 is 0 Å². The summed E-state index contributed by atoms with van der Waals surface area (Å²) in [4.78, 5) is 2.37. The molecular formula is C42H29N. The van der Waals surface area contributed by atoms with E-state index in [2.05, 4.69) is 181 Å². The van der Waals surface area contributed by atoms with Gasteiger partial charge in [0.15, 0.2) is 0 Å². The molecule has 0 aliphatic rings. The lowest BCUT2D eigenvalue weighted by Crippen LogP contribution is -2.11. The van der Waals surface area contributed by atoms with Crippen LogP contribution < -0.4 is 4.90 Å². The van der Waals surface area contributed by atoms with Crippen LogP contribution in [-0.4, -0.2) is 0 Å². The van der Waals surface area contributed by atoms with Crippen molar-refractivity contribution < 1.29 is 0 Å². The minimum absolute atomic E-state index is 1.12. The van der Waals surface area contributed by atoms with Gasteiger partial charge in [-0.1, -0.05) is 133 Å². The van der Waals surface area contributed by atoms with E-state index in [1.807, 2.05) is 0 Å². The van der Waals surface area contributed by atoms with Crippen molar-refractivity contribution in [2.24, 2.45) is 0 Å². The van der Waals surface area contributed by atoms with Crippen molar-refractivity contribution in [2.75, 3.05) is 4.90 Å². The summed E-state index contributed by atoms with van der Waals surface area (Å²) in [6.07, 6.45) is 0. The third-order valence-electron chi connectivity index (χ3n) is 8.42. The topological polar surface area (TPSA) is 3.24 Å². The van der Waals surface area contributed by atoms with E-state index >= 15 is 0 Å². The maximum atomic E-state index is 2.37. The molecule has 8 aromatic carbocycles. The monoisotopic (exact) mass is 547 g/mol. The van der Waals surface area contributed by atoms with E-state index in [0.29, 0.717) is 0 Å². The van der Waals surface area contributed by atoms with E-state index in [1.165, 1.54) is 54.6 Å². The van der Waals surface area contributed by atoms with Gasteiger partial charge in [-0.3, -0.25) is 0 Å². The molecular weight excluding hydrogens is 518 g/mol. The summed E-state index contributed by atoms with van der Waals surface area (Å²) >= 11 is 0. The van der Waals surface area contributed by atoms with Crippen LogP contribution in [0.2, 0.25) is 0 Å². The van der Waals surface area contributed by atoms with Crippen molar-refractivity contribution in [3.63, 3.8) is 0 Å². The highest BCUT2D eigenvalue weighted by molar-refractivity contribution is 6.13. The molecule has 0 aromatic heterocycles. The average molecular weight is 548 g/mol. The van der Waals surface area contributed by atoms with Crippen LogP contribution in [-0.2, 0) is 0 Å². The molecule has 1 nitrogen and oxygen atoms in total. The van der Waals surface area contributed by atoms with Crippen LogP contribution in [0.3, 0.4) is 0 Å². The fourth-order valence-corrected chi connectivity index (χ4v) is 6.36. The minimum atomic E-state index is 1.12. The van der Waals surface area contributed by atoms with Gasteiger partial charge in [0.25, 0.3) is 0 Å². The van der Waals surface area contributed by atoms with Crippen LogP contribution in [0.5, 0.6) is 0 Å². The molecule has 0 saturated carbocycles. The fraction of sp³-hybridized carbons (Fsp3) is 0. The summed E-state index contributed by atoms with van der Waals surface area (Å²) in [6, 6.07) is 63.4. The number of nitrogens with zero attached hydrogens (tertiary/aromatic N) is 1. The van der Waals surface area contributed by atoms with Gasteiger partial charge >= 0.3 is 0 Å². The van der Waals surface area contributed by atoms with Gasteiger partial charge in [-0.05, 0) is 91.5 Å². The van der Waals surface area contributed by atoms with Crippen molar-refractivity contribution in [1.29, 1.82) is 0 Å². The summed E-state index contributed by atoms with van der Waals surface area (Å²) in [5.41, 5.74) is 8.25. The minimum Gasteiger partial charge on any atom is -0.310 e.